The number of halogens is 3. The molecule has 1 aliphatic heterocycles. The van der Waals surface area contributed by atoms with Crippen molar-refractivity contribution in [1.29, 1.82) is 0 Å². The highest BCUT2D eigenvalue weighted by atomic mass is 35.5. The van der Waals surface area contributed by atoms with Gasteiger partial charge in [0.25, 0.3) is 0 Å². The molecule has 3 rings (SSSR count). The van der Waals surface area contributed by atoms with Gasteiger partial charge in [-0.15, -0.1) is 0 Å². The Kier molecular flexibility index (Phi) is 9.11. The van der Waals surface area contributed by atoms with Gasteiger partial charge in [-0.1, -0.05) is 54.1 Å². The van der Waals surface area contributed by atoms with Crippen LogP contribution >= 0.6 is 11.6 Å². The minimum absolute atomic E-state index is 0. The van der Waals surface area contributed by atoms with Gasteiger partial charge >= 0.3 is 0 Å². The predicted octanol–water partition coefficient (Wildman–Crippen LogP) is -1.93. The van der Waals surface area contributed by atoms with Gasteiger partial charge in [0.15, 0.2) is 0 Å². The van der Waals surface area contributed by atoms with Crippen LogP contribution in [0.3, 0.4) is 0 Å². The van der Waals surface area contributed by atoms with E-state index in [2.05, 4.69) is 59.3 Å². The van der Waals surface area contributed by atoms with Crippen molar-refractivity contribution in [3.8, 4) is 0 Å². The Hall–Kier alpha value is -0.770. The molecule has 5 heteroatoms. The standard InChI is InChI=1S/C19H23ClN2.2ClH/c1-21-12-5-13-22(15-14-21)19(16-6-3-2-4-7-16)17-8-10-18(20)11-9-17;;/h2-4,6-11,19H,5,12-15H2,1H3;2*1H/p-2. The fraction of sp³-hybridized carbons (Fsp3) is 0.368. The van der Waals surface area contributed by atoms with Crippen molar-refractivity contribution < 1.29 is 24.8 Å². The van der Waals surface area contributed by atoms with Gasteiger partial charge in [-0.2, -0.15) is 0 Å². The molecular weight excluding hydrogens is 363 g/mol. The van der Waals surface area contributed by atoms with Crippen LogP contribution < -0.4 is 24.8 Å². The summed E-state index contributed by atoms with van der Waals surface area (Å²) in [5, 5.41) is 0.797. The summed E-state index contributed by atoms with van der Waals surface area (Å²) >= 11 is 6.07. The SMILES string of the molecule is CN1CCCN(C(c2ccccc2)c2ccc(Cl)cc2)CC1.[Cl-].[Cl-]. The fourth-order valence-corrected chi connectivity index (χ4v) is 3.35. The number of hydrogen-bond acceptors (Lipinski definition) is 2. The van der Waals surface area contributed by atoms with E-state index in [9.17, 15) is 0 Å². The van der Waals surface area contributed by atoms with Crippen LogP contribution in [0.2, 0.25) is 5.02 Å². The number of likely N-dealkylation sites (N-methyl/N-ethyl adjacent to an activating group) is 1. The van der Waals surface area contributed by atoms with E-state index in [1.54, 1.807) is 0 Å². The molecule has 0 aromatic heterocycles. The summed E-state index contributed by atoms with van der Waals surface area (Å²) in [4.78, 5) is 5.02. The number of nitrogens with zero attached hydrogens (tertiary/aromatic N) is 2. The van der Waals surface area contributed by atoms with Crippen molar-refractivity contribution >= 4 is 11.6 Å². The Morgan fingerprint density at radius 2 is 1.42 bits per heavy atom. The Morgan fingerprint density at radius 3 is 2.08 bits per heavy atom. The first-order valence-electron chi connectivity index (χ1n) is 7.97. The summed E-state index contributed by atoms with van der Waals surface area (Å²) in [6.45, 7) is 4.53. The molecule has 0 amide bonds. The zero-order chi connectivity index (χ0) is 15.4. The normalized spacial score (nSPS) is 17.2. The third-order valence-corrected chi connectivity index (χ3v) is 4.67. The van der Waals surface area contributed by atoms with Crippen molar-refractivity contribution in [3.05, 3.63) is 70.7 Å². The molecule has 0 aliphatic carbocycles. The summed E-state index contributed by atoms with van der Waals surface area (Å²) in [6, 6.07) is 19.4. The van der Waals surface area contributed by atoms with Crippen LogP contribution in [-0.2, 0) is 0 Å². The maximum absolute atomic E-state index is 6.07. The lowest BCUT2D eigenvalue weighted by Gasteiger charge is -2.31. The van der Waals surface area contributed by atoms with Gasteiger partial charge in [-0.3, -0.25) is 4.90 Å². The first kappa shape index (κ1) is 21.3. The van der Waals surface area contributed by atoms with Gasteiger partial charge < -0.3 is 29.7 Å². The monoisotopic (exact) mass is 384 g/mol. The third-order valence-electron chi connectivity index (χ3n) is 4.42. The van der Waals surface area contributed by atoms with Crippen LogP contribution in [0.25, 0.3) is 0 Å². The molecule has 1 unspecified atom stereocenters. The Labute approximate surface area is 162 Å². The molecule has 0 saturated carbocycles. The molecule has 24 heavy (non-hydrogen) atoms. The summed E-state index contributed by atoms with van der Waals surface area (Å²) in [6.07, 6.45) is 1.22. The van der Waals surface area contributed by atoms with E-state index in [4.69, 9.17) is 11.6 Å². The zero-order valence-electron chi connectivity index (χ0n) is 13.8. The quantitative estimate of drug-likeness (QED) is 0.607. The third kappa shape index (κ3) is 5.37. The number of benzene rings is 2. The highest BCUT2D eigenvalue weighted by Gasteiger charge is 2.23. The molecule has 2 aromatic carbocycles. The maximum Gasteiger partial charge on any atom is 0.0602 e. The lowest BCUT2D eigenvalue weighted by atomic mass is 9.97. The molecule has 1 aliphatic rings. The maximum atomic E-state index is 6.07. The molecule has 132 valence electrons. The van der Waals surface area contributed by atoms with Gasteiger partial charge in [-0.05, 0) is 43.3 Å². The Balaban J connectivity index is 0.00000144. The van der Waals surface area contributed by atoms with Gasteiger partial charge in [0.05, 0.1) is 6.04 Å². The molecule has 1 heterocycles. The zero-order valence-corrected chi connectivity index (χ0v) is 16.1. The Morgan fingerprint density at radius 1 is 0.792 bits per heavy atom. The number of rotatable bonds is 3. The van der Waals surface area contributed by atoms with Crippen LogP contribution in [0.5, 0.6) is 0 Å². The summed E-state index contributed by atoms with van der Waals surface area (Å²) in [5.74, 6) is 0. The minimum Gasteiger partial charge on any atom is -1.00 e. The Bertz CT molecular complexity index is 589. The lowest BCUT2D eigenvalue weighted by molar-refractivity contribution is -0.001000. The van der Waals surface area contributed by atoms with E-state index in [1.807, 2.05) is 12.1 Å². The largest absolute Gasteiger partial charge is 1.00 e. The molecule has 1 fully saturated rings. The second-order valence-electron chi connectivity index (χ2n) is 6.06. The van der Waals surface area contributed by atoms with Crippen LogP contribution in [0.1, 0.15) is 23.6 Å². The fourth-order valence-electron chi connectivity index (χ4n) is 3.22. The molecule has 2 nitrogen and oxygen atoms in total. The van der Waals surface area contributed by atoms with Gasteiger partial charge in [0.2, 0.25) is 0 Å². The van der Waals surface area contributed by atoms with Gasteiger partial charge in [0.1, 0.15) is 0 Å². The van der Waals surface area contributed by atoms with Crippen molar-refractivity contribution in [2.75, 3.05) is 33.2 Å². The van der Waals surface area contributed by atoms with Gasteiger partial charge in [0, 0.05) is 24.7 Å². The average Bonchev–Trinajstić information content (AvgIpc) is 2.76. The van der Waals surface area contributed by atoms with E-state index in [-0.39, 0.29) is 24.8 Å². The van der Waals surface area contributed by atoms with Crippen LogP contribution in [0.4, 0.5) is 0 Å². The van der Waals surface area contributed by atoms with Crippen molar-refractivity contribution in [3.63, 3.8) is 0 Å². The molecule has 0 N–H and O–H groups in total. The summed E-state index contributed by atoms with van der Waals surface area (Å²) < 4.78 is 0. The molecular formula is C19H23Cl3N2-2. The molecule has 1 atom stereocenters. The highest BCUT2D eigenvalue weighted by molar-refractivity contribution is 6.30. The van der Waals surface area contributed by atoms with E-state index in [0.717, 1.165) is 24.7 Å². The lowest BCUT2D eigenvalue weighted by Crippen LogP contribution is -3.00. The number of hydrogen-bond donors (Lipinski definition) is 0. The van der Waals surface area contributed by atoms with Crippen molar-refractivity contribution in [2.24, 2.45) is 0 Å². The van der Waals surface area contributed by atoms with Crippen molar-refractivity contribution in [1.82, 2.24) is 9.80 Å². The predicted molar refractivity (Wildman–Crippen MR) is 93.4 cm³/mol. The van der Waals surface area contributed by atoms with Crippen LogP contribution in [0.15, 0.2) is 54.6 Å². The highest BCUT2D eigenvalue weighted by Crippen LogP contribution is 2.30. The molecule has 1 saturated heterocycles. The first-order valence-corrected chi connectivity index (χ1v) is 8.35. The molecule has 0 radical (unpaired) electrons. The summed E-state index contributed by atoms with van der Waals surface area (Å²) in [7, 11) is 2.21. The van der Waals surface area contributed by atoms with Crippen molar-refractivity contribution in [2.45, 2.75) is 12.5 Å². The van der Waals surface area contributed by atoms with E-state index in [0.29, 0.717) is 6.04 Å². The van der Waals surface area contributed by atoms with E-state index < -0.39 is 0 Å². The van der Waals surface area contributed by atoms with Crippen LogP contribution in [0, 0.1) is 0 Å². The topological polar surface area (TPSA) is 6.48 Å². The molecule has 2 aromatic rings. The minimum atomic E-state index is 0. The van der Waals surface area contributed by atoms with E-state index in [1.165, 1.54) is 24.1 Å². The first-order chi connectivity index (χ1) is 10.7. The molecule has 0 spiro atoms. The van der Waals surface area contributed by atoms with Crippen LogP contribution in [-0.4, -0.2) is 43.0 Å². The average molecular weight is 386 g/mol. The second-order valence-corrected chi connectivity index (χ2v) is 6.49. The summed E-state index contributed by atoms with van der Waals surface area (Å²) in [5.41, 5.74) is 2.68. The van der Waals surface area contributed by atoms with Gasteiger partial charge in [-0.25, -0.2) is 0 Å². The second kappa shape index (κ2) is 10.3. The van der Waals surface area contributed by atoms with E-state index >= 15 is 0 Å². The molecule has 0 bridgehead atoms. The smallest absolute Gasteiger partial charge is 0.0602 e.